The number of ether oxygens (including phenoxy) is 1. The lowest BCUT2D eigenvalue weighted by atomic mass is 10.0. The van der Waals surface area contributed by atoms with Crippen LogP contribution in [0.1, 0.15) is 37.3 Å². The van der Waals surface area contributed by atoms with Crippen LogP contribution in [0.5, 0.6) is 0 Å². The van der Waals surface area contributed by atoms with Gasteiger partial charge in [0.15, 0.2) is 0 Å². The summed E-state index contributed by atoms with van der Waals surface area (Å²) in [5.74, 6) is 0. The Kier molecular flexibility index (Phi) is 4.81. The van der Waals surface area contributed by atoms with Gasteiger partial charge in [-0.1, -0.05) is 6.92 Å². The number of rotatable bonds is 4. The molecule has 1 aromatic carbocycles. The fourth-order valence-corrected chi connectivity index (χ4v) is 2.56. The largest absolute Gasteiger partial charge is 0.376 e. The summed E-state index contributed by atoms with van der Waals surface area (Å²) in [4.78, 5) is 2.37. The molecule has 1 aliphatic rings. The molecule has 0 radical (unpaired) electrons. The van der Waals surface area contributed by atoms with Crippen LogP contribution in [0.15, 0.2) is 18.2 Å². The normalized spacial score (nSPS) is 19.2. The zero-order valence-electron chi connectivity index (χ0n) is 11.9. The van der Waals surface area contributed by atoms with Crippen LogP contribution in [0.3, 0.4) is 0 Å². The topological polar surface area (TPSA) is 36.3 Å². The van der Waals surface area contributed by atoms with Gasteiger partial charge in [0.05, 0.1) is 17.7 Å². The second kappa shape index (κ2) is 6.58. The molecule has 0 spiro atoms. The second-order valence-electron chi connectivity index (χ2n) is 5.19. The number of benzene rings is 1. The van der Waals surface area contributed by atoms with Crippen LogP contribution >= 0.6 is 0 Å². The molecular weight excluding hydrogens is 236 g/mol. The van der Waals surface area contributed by atoms with Crippen LogP contribution in [-0.2, 0) is 4.74 Å². The van der Waals surface area contributed by atoms with E-state index in [1.807, 2.05) is 19.1 Å². The molecule has 1 unspecified atom stereocenters. The zero-order chi connectivity index (χ0) is 13.7. The number of nitriles is 1. The van der Waals surface area contributed by atoms with Crippen molar-refractivity contribution in [3.63, 3.8) is 0 Å². The molecule has 1 fully saturated rings. The SMILES string of the molecule is CCCOC1CCCN(c2ccc(C#N)c(C)c2)C1. The van der Waals surface area contributed by atoms with Gasteiger partial charge < -0.3 is 9.64 Å². The molecule has 0 amide bonds. The molecule has 0 saturated carbocycles. The summed E-state index contributed by atoms with van der Waals surface area (Å²) in [7, 11) is 0. The molecule has 3 heteroatoms. The van der Waals surface area contributed by atoms with Gasteiger partial charge in [0.2, 0.25) is 0 Å². The minimum Gasteiger partial charge on any atom is -0.376 e. The third-order valence-electron chi connectivity index (χ3n) is 3.63. The van der Waals surface area contributed by atoms with E-state index in [9.17, 15) is 0 Å². The number of aryl methyl sites for hydroxylation is 1. The van der Waals surface area contributed by atoms with E-state index in [1.165, 1.54) is 12.1 Å². The van der Waals surface area contributed by atoms with Gasteiger partial charge in [-0.25, -0.2) is 0 Å². The summed E-state index contributed by atoms with van der Waals surface area (Å²) < 4.78 is 5.86. The van der Waals surface area contributed by atoms with Crippen LogP contribution in [-0.4, -0.2) is 25.8 Å². The highest BCUT2D eigenvalue weighted by Crippen LogP contribution is 2.23. The highest BCUT2D eigenvalue weighted by atomic mass is 16.5. The van der Waals surface area contributed by atoms with Crippen LogP contribution in [0.4, 0.5) is 5.69 Å². The first-order chi connectivity index (χ1) is 9.24. The maximum atomic E-state index is 8.98. The first kappa shape index (κ1) is 13.9. The van der Waals surface area contributed by atoms with Gasteiger partial charge in [-0.15, -0.1) is 0 Å². The quantitative estimate of drug-likeness (QED) is 0.831. The van der Waals surface area contributed by atoms with Crippen molar-refractivity contribution in [1.29, 1.82) is 5.26 Å². The van der Waals surface area contributed by atoms with Crippen molar-refractivity contribution in [1.82, 2.24) is 0 Å². The lowest BCUT2D eigenvalue weighted by Crippen LogP contribution is -2.39. The number of nitrogens with zero attached hydrogens (tertiary/aromatic N) is 2. The Morgan fingerprint density at radius 3 is 3.00 bits per heavy atom. The first-order valence-electron chi connectivity index (χ1n) is 7.12. The molecule has 0 N–H and O–H groups in total. The van der Waals surface area contributed by atoms with E-state index in [1.54, 1.807) is 0 Å². The average molecular weight is 258 g/mol. The Morgan fingerprint density at radius 2 is 2.32 bits per heavy atom. The van der Waals surface area contributed by atoms with Crippen molar-refractivity contribution in [3.8, 4) is 6.07 Å². The Balaban J connectivity index is 2.05. The molecule has 0 aliphatic carbocycles. The zero-order valence-corrected chi connectivity index (χ0v) is 11.9. The highest BCUT2D eigenvalue weighted by molar-refractivity contribution is 5.53. The Morgan fingerprint density at radius 1 is 1.47 bits per heavy atom. The van der Waals surface area contributed by atoms with Crippen molar-refractivity contribution in [2.75, 3.05) is 24.6 Å². The smallest absolute Gasteiger partial charge is 0.0994 e. The van der Waals surface area contributed by atoms with Crippen molar-refractivity contribution < 1.29 is 4.74 Å². The van der Waals surface area contributed by atoms with E-state index < -0.39 is 0 Å². The molecule has 19 heavy (non-hydrogen) atoms. The van der Waals surface area contributed by atoms with E-state index in [-0.39, 0.29) is 0 Å². The molecule has 1 heterocycles. The highest BCUT2D eigenvalue weighted by Gasteiger charge is 2.20. The van der Waals surface area contributed by atoms with E-state index >= 15 is 0 Å². The summed E-state index contributed by atoms with van der Waals surface area (Å²) >= 11 is 0. The van der Waals surface area contributed by atoms with Crippen LogP contribution in [0, 0.1) is 18.3 Å². The Bertz CT molecular complexity index is 464. The fraction of sp³-hybridized carbons (Fsp3) is 0.562. The van der Waals surface area contributed by atoms with Crippen molar-refractivity contribution in [2.45, 2.75) is 39.2 Å². The van der Waals surface area contributed by atoms with Gasteiger partial charge in [-0.05, 0) is 49.9 Å². The van der Waals surface area contributed by atoms with E-state index in [0.717, 1.165) is 43.7 Å². The second-order valence-corrected chi connectivity index (χ2v) is 5.19. The third-order valence-corrected chi connectivity index (χ3v) is 3.63. The van der Waals surface area contributed by atoms with Gasteiger partial charge >= 0.3 is 0 Å². The molecule has 102 valence electrons. The van der Waals surface area contributed by atoms with Crippen LogP contribution in [0.25, 0.3) is 0 Å². The number of anilines is 1. The van der Waals surface area contributed by atoms with Gasteiger partial charge in [-0.3, -0.25) is 0 Å². The van der Waals surface area contributed by atoms with E-state index in [4.69, 9.17) is 10.00 Å². The Hall–Kier alpha value is -1.53. The van der Waals surface area contributed by atoms with E-state index in [0.29, 0.717) is 6.10 Å². The van der Waals surface area contributed by atoms with Crippen molar-refractivity contribution in [3.05, 3.63) is 29.3 Å². The van der Waals surface area contributed by atoms with Gasteiger partial charge in [0, 0.05) is 25.4 Å². The minimum atomic E-state index is 0.352. The molecule has 1 saturated heterocycles. The molecule has 0 aromatic heterocycles. The molecule has 0 bridgehead atoms. The van der Waals surface area contributed by atoms with Crippen LogP contribution < -0.4 is 4.90 Å². The standard InChI is InChI=1S/C16H22N2O/c1-3-9-19-16-5-4-8-18(12-16)15-7-6-14(11-17)13(2)10-15/h6-7,10,16H,3-5,8-9,12H2,1-2H3. The van der Waals surface area contributed by atoms with Gasteiger partial charge in [0.1, 0.15) is 0 Å². The summed E-state index contributed by atoms with van der Waals surface area (Å²) in [6.07, 6.45) is 3.76. The summed E-state index contributed by atoms with van der Waals surface area (Å²) in [5, 5.41) is 8.98. The van der Waals surface area contributed by atoms with Crippen LogP contribution in [0.2, 0.25) is 0 Å². The molecule has 2 rings (SSSR count). The summed E-state index contributed by atoms with van der Waals surface area (Å²) in [6.45, 7) is 7.04. The van der Waals surface area contributed by atoms with E-state index in [2.05, 4.69) is 24.0 Å². The first-order valence-corrected chi connectivity index (χ1v) is 7.12. The molecule has 1 aliphatic heterocycles. The predicted octanol–water partition coefficient (Wildman–Crippen LogP) is 3.26. The monoisotopic (exact) mass is 258 g/mol. The number of piperidine rings is 1. The molecule has 1 aromatic rings. The summed E-state index contributed by atoms with van der Waals surface area (Å²) in [5.41, 5.74) is 3.03. The lowest BCUT2D eigenvalue weighted by Gasteiger charge is -2.34. The average Bonchev–Trinajstić information content (AvgIpc) is 2.45. The third kappa shape index (κ3) is 3.48. The maximum Gasteiger partial charge on any atom is 0.0994 e. The predicted molar refractivity (Wildman–Crippen MR) is 77.4 cm³/mol. The van der Waals surface area contributed by atoms with Gasteiger partial charge in [0.25, 0.3) is 0 Å². The Labute approximate surface area is 115 Å². The molecule has 1 atom stereocenters. The lowest BCUT2D eigenvalue weighted by molar-refractivity contribution is 0.0440. The minimum absolute atomic E-state index is 0.352. The number of hydrogen-bond donors (Lipinski definition) is 0. The molecule has 3 nitrogen and oxygen atoms in total. The number of hydrogen-bond acceptors (Lipinski definition) is 3. The molecular formula is C16H22N2O. The maximum absolute atomic E-state index is 8.98. The fourth-order valence-electron chi connectivity index (χ4n) is 2.56. The van der Waals surface area contributed by atoms with Gasteiger partial charge in [-0.2, -0.15) is 5.26 Å². The summed E-state index contributed by atoms with van der Waals surface area (Å²) in [6, 6.07) is 8.30. The van der Waals surface area contributed by atoms with Crippen molar-refractivity contribution >= 4 is 5.69 Å². The van der Waals surface area contributed by atoms with Crippen molar-refractivity contribution in [2.24, 2.45) is 0 Å².